The van der Waals surface area contributed by atoms with Gasteiger partial charge in [-0.25, -0.2) is 4.39 Å². The first kappa shape index (κ1) is 20.3. The average Bonchev–Trinajstić information content (AvgIpc) is 2.72. The lowest BCUT2D eigenvalue weighted by Crippen LogP contribution is -2.48. The number of benzene rings is 2. The largest absolute Gasteiger partial charge is 0.490 e. The zero-order valence-electron chi connectivity index (χ0n) is 16.1. The molecular weight excluding hydrogens is 357 g/mol. The summed E-state index contributed by atoms with van der Waals surface area (Å²) in [4.78, 5) is 16.7. The van der Waals surface area contributed by atoms with Gasteiger partial charge in [0.15, 0.2) is 11.6 Å². The van der Waals surface area contributed by atoms with Crippen LogP contribution in [-0.4, -0.2) is 61.6 Å². The molecule has 1 aliphatic heterocycles. The lowest BCUT2D eigenvalue weighted by Gasteiger charge is -2.34. The summed E-state index contributed by atoms with van der Waals surface area (Å²) in [5, 5.41) is 2.91. The van der Waals surface area contributed by atoms with Gasteiger partial charge in [0, 0.05) is 45.8 Å². The molecular formula is C22H28FN3O2. The summed E-state index contributed by atoms with van der Waals surface area (Å²) in [5.74, 6) is -0.294. The third-order valence-electron chi connectivity index (χ3n) is 4.89. The van der Waals surface area contributed by atoms with Crippen LogP contribution in [0, 0.1) is 5.82 Å². The van der Waals surface area contributed by atoms with Crippen LogP contribution in [-0.2, 0) is 11.3 Å². The molecule has 0 spiro atoms. The predicted molar refractivity (Wildman–Crippen MR) is 108 cm³/mol. The second-order valence-corrected chi connectivity index (χ2v) is 6.98. The number of hydrogen-bond acceptors (Lipinski definition) is 4. The monoisotopic (exact) mass is 385 g/mol. The summed E-state index contributed by atoms with van der Waals surface area (Å²) >= 11 is 0. The third kappa shape index (κ3) is 6.62. The Kier molecular flexibility index (Phi) is 7.82. The first-order valence-electron chi connectivity index (χ1n) is 9.83. The Morgan fingerprint density at radius 1 is 0.964 bits per heavy atom. The Morgan fingerprint density at radius 2 is 1.64 bits per heavy atom. The molecule has 2 aromatic carbocycles. The van der Waals surface area contributed by atoms with Gasteiger partial charge in [0.25, 0.3) is 0 Å². The summed E-state index contributed by atoms with van der Waals surface area (Å²) in [6.45, 7) is 6.74. The molecule has 1 heterocycles. The van der Waals surface area contributed by atoms with Crippen molar-refractivity contribution >= 4 is 5.91 Å². The van der Waals surface area contributed by atoms with Crippen molar-refractivity contribution in [1.82, 2.24) is 15.1 Å². The number of carbonyl (C=O) groups is 1. The minimum absolute atomic E-state index is 0.0703. The molecule has 1 fully saturated rings. The van der Waals surface area contributed by atoms with E-state index < -0.39 is 5.82 Å². The molecule has 0 saturated carbocycles. The van der Waals surface area contributed by atoms with Gasteiger partial charge in [-0.15, -0.1) is 0 Å². The van der Waals surface area contributed by atoms with Crippen molar-refractivity contribution in [2.75, 3.05) is 45.9 Å². The molecule has 28 heavy (non-hydrogen) atoms. The highest BCUT2D eigenvalue weighted by molar-refractivity contribution is 5.75. The second kappa shape index (κ2) is 10.8. The second-order valence-electron chi connectivity index (χ2n) is 6.98. The molecule has 2 aromatic rings. The molecule has 0 bridgehead atoms. The molecule has 6 heteroatoms. The maximum atomic E-state index is 13.4. The van der Waals surface area contributed by atoms with Crippen LogP contribution in [0.3, 0.4) is 0 Å². The first-order valence-corrected chi connectivity index (χ1v) is 9.83. The van der Waals surface area contributed by atoms with Gasteiger partial charge >= 0.3 is 0 Å². The van der Waals surface area contributed by atoms with E-state index in [0.29, 0.717) is 6.54 Å². The number of nitrogens with one attached hydrogen (secondary N) is 1. The molecule has 1 aliphatic rings. The smallest absolute Gasteiger partial charge is 0.223 e. The summed E-state index contributed by atoms with van der Waals surface area (Å²) < 4.78 is 18.8. The number of hydrogen-bond donors (Lipinski definition) is 1. The fourth-order valence-corrected chi connectivity index (χ4v) is 3.27. The number of para-hydroxylation sites is 1. The van der Waals surface area contributed by atoms with Crippen molar-refractivity contribution in [2.24, 2.45) is 0 Å². The van der Waals surface area contributed by atoms with Gasteiger partial charge in [-0.1, -0.05) is 42.5 Å². The minimum Gasteiger partial charge on any atom is -0.490 e. The molecule has 150 valence electrons. The Balaban J connectivity index is 1.25. The number of ether oxygens (including phenoxy) is 1. The highest BCUT2D eigenvalue weighted by Gasteiger charge is 2.16. The summed E-state index contributed by atoms with van der Waals surface area (Å²) in [7, 11) is 0. The molecule has 1 amide bonds. The first-order chi connectivity index (χ1) is 13.7. The van der Waals surface area contributed by atoms with Crippen molar-refractivity contribution in [3.8, 4) is 5.75 Å². The van der Waals surface area contributed by atoms with Crippen molar-refractivity contribution in [2.45, 2.75) is 13.0 Å². The van der Waals surface area contributed by atoms with Crippen LogP contribution < -0.4 is 10.1 Å². The van der Waals surface area contributed by atoms with E-state index in [0.717, 1.165) is 39.3 Å². The SMILES string of the molecule is O=C(CCOc1ccccc1F)NCCN1CCN(Cc2ccccc2)CC1. The Labute approximate surface area is 166 Å². The van der Waals surface area contributed by atoms with Crippen molar-refractivity contribution in [1.29, 1.82) is 0 Å². The molecule has 0 unspecified atom stereocenters. The molecule has 1 saturated heterocycles. The van der Waals surface area contributed by atoms with Gasteiger partial charge in [-0.3, -0.25) is 14.6 Å². The van der Waals surface area contributed by atoms with E-state index in [9.17, 15) is 9.18 Å². The zero-order chi connectivity index (χ0) is 19.6. The molecule has 1 N–H and O–H groups in total. The van der Waals surface area contributed by atoms with E-state index in [4.69, 9.17) is 4.74 Å². The number of rotatable bonds is 9. The van der Waals surface area contributed by atoms with Crippen LogP contribution in [0.4, 0.5) is 4.39 Å². The molecule has 5 nitrogen and oxygen atoms in total. The van der Waals surface area contributed by atoms with Gasteiger partial charge in [0.2, 0.25) is 5.91 Å². The molecule has 3 rings (SSSR count). The van der Waals surface area contributed by atoms with E-state index in [1.165, 1.54) is 11.6 Å². The van der Waals surface area contributed by atoms with E-state index in [2.05, 4.69) is 39.4 Å². The Morgan fingerprint density at radius 3 is 2.39 bits per heavy atom. The van der Waals surface area contributed by atoms with Crippen molar-refractivity contribution in [3.05, 3.63) is 66.0 Å². The fourth-order valence-electron chi connectivity index (χ4n) is 3.27. The number of carbonyl (C=O) groups excluding carboxylic acids is 1. The highest BCUT2D eigenvalue weighted by atomic mass is 19.1. The predicted octanol–water partition coefficient (Wildman–Crippen LogP) is 2.53. The van der Waals surface area contributed by atoms with Crippen LogP contribution >= 0.6 is 0 Å². The van der Waals surface area contributed by atoms with Crippen LogP contribution in [0.2, 0.25) is 0 Å². The fraction of sp³-hybridized carbons (Fsp3) is 0.409. The van der Waals surface area contributed by atoms with Crippen LogP contribution in [0.15, 0.2) is 54.6 Å². The van der Waals surface area contributed by atoms with Crippen molar-refractivity contribution < 1.29 is 13.9 Å². The van der Waals surface area contributed by atoms with E-state index in [1.54, 1.807) is 18.2 Å². The zero-order valence-corrected chi connectivity index (χ0v) is 16.1. The topological polar surface area (TPSA) is 44.8 Å². The molecule has 0 aromatic heterocycles. The van der Waals surface area contributed by atoms with E-state index in [-0.39, 0.29) is 24.7 Å². The van der Waals surface area contributed by atoms with Crippen LogP contribution in [0.25, 0.3) is 0 Å². The van der Waals surface area contributed by atoms with Gasteiger partial charge < -0.3 is 10.1 Å². The maximum Gasteiger partial charge on any atom is 0.223 e. The van der Waals surface area contributed by atoms with Crippen LogP contribution in [0.5, 0.6) is 5.75 Å². The standard InChI is InChI=1S/C22H28FN3O2/c23-20-8-4-5-9-21(20)28-17-10-22(27)24-11-12-25-13-15-26(16-14-25)18-19-6-2-1-3-7-19/h1-9H,10-18H2,(H,24,27). The number of piperazine rings is 1. The van der Waals surface area contributed by atoms with Gasteiger partial charge in [0.05, 0.1) is 13.0 Å². The number of halogens is 1. The van der Waals surface area contributed by atoms with E-state index in [1.807, 2.05) is 6.07 Å². The van der Waals surface area contributed by atoms with Gasteiger partial charge in [-0.05, 0) is 17.7 Å². The number of amides is 1. The normalized spacial score (nSPS) is 15.3. The van der Waals surface area contributed by atoms with Crippen molar-refractivity contribution in [3.63, 3.8) is 0 Å². The Hall–Kier alpha value is -2.44. The average molecular weight is 385 g/mol. The lowest BCUT2D eigenvalue weighted by atomic mass is 10.2. The summed E-state index contributed by atoms with van der Waals surface area (Å²) in [5.41, 5.74) is 1.35. The number of nitrogens with zero attached hydrogens (tertiary/aromatic N) is 2. The molecule has 0 radical (unpaired) electrons. The summed E-state index contributed by atoms with van der Waals surface area (Å²) in [6.07, 6.45) is 0.221. The maximum absolute atomic E-state index is 13.4. The highest BCUT2D eigenvalue weighted by Crippen LogP contribution is 2.15. The lowest BCUT2D eigenvalue weighted by molar-refractivity contribution is -0.121. The third-order valence-corrected chi connectivity index (χ3v) is 4.89. The molecule has 0 aliphatic carbocycles. The van der Waals surface area contributed by atoms with Gasteiger partial charge in [-0.2, -0.15) is 0 Å². The summed E-state index contributed by atoms with van der Waals surface area (Å²) in [6, 6.07) is 16.7. The van der Waals surface area contributed by atoms with E-state index >= 15 is 0 Å². The quantitative estimate of drug-likeness (QED) is 0.721. The van der Waals surface area contributed by atoms with Gasteiger partial charge in [0.1, 0.15) is 0 Å². The Bertz CT molecular complexity index is 734. The molecule has 0 atom stereocenters. The minimum atomic E-state index is -0.408. The van der Waals surface area contributed by atoms with Crippen LogP contribution in [0.1, 0.15) is 12.0 Å².